The Kier molecular flexibility index (Phi) is 4.18. The molecule has 1 aliphatic rings. The molecule has 1 aromatic heterocycles. The monoisotopic (exact) mass is 335 g/mol. The summed E-state index contributed by atoms with van der Waals surface area (Å²) in [5, 5.41) is 1.13. The molecule has 3 unspecified atom stereocenters. The summed E-state index contributed by atoms with van der Waals surface area (Å²) in [5.41, 5.74) is 7.46. The molecule has 2 nitrogen and oxygen atoms in total. The van der Waals surface area contributed by atoms with Crippen LogP contribution in [0.4, 0.5) is 0 Å². The lowest BCUT2D eigenvalue weighted by Crippen LogP contribution is -2.30. The van der Waals surface area contributed by atoms with Crippen LogP contribution < -0.4 is 5.73 Å². The van der Waals surface area contributed by atoms with Gasteiger partial charge in [0.05, 0.1) is 10.5 Å². The highest BCUT2D eigenvalue weighted by Crippen LogP contribution is 2.40. The molecule has 1 fully saturated rings. The summed E-state index contributed by atoms with van der Waals surface area (Å²) in [7, 11) is 0. The van der Waals surface area contributed by atoms with E-state index in [1.807, 2.05) is 12.1 Å². The van der Waals surface area contributed by atoms with Gasteiger partial charge in [-0.3, -0.25) is 0 Å². The van der Waals surface area contributed by atoms with E-state index in [-0.39, 0.29) is 6.04 Å². The quantitative estimate of drug-likeness (QED) is 0.814. The molecule has 3 rings (SSSR count). The van der Waals surface area contributed by atoms with E-state index in [4.69, 9.17) is 10.2 Å². The molecule has 2 aromatic rings. The average molecular weight is 336 g/mol. The molecular formula is C17H22BrNO. The highest BCUT2D eigenvalue weighted by molar-refractivity contribution is 9.10. The van der Waals surface area contributed by atoms with E-state index in [9.17, 15) is 0 Å². The van der Waals surface area contributed by atoms with Crippen LogP contribution in [0.3, 0.4) is 0 Å². The van der Waals surface area contributed by atoms with Crippen LogP contribution in [0, 0.1) is 11.8 Å². The topological polar surface area (TPSA) is 39.2 Å². The first-order valence-corrected chi connectivity index (χ1v) is 8.43. The molecule has 3 heteroatoms. The molecule has 0 bridgehead atoms. The molecule has 0 amide bonds. The van der Waals surface area contributed by atoms with Crippen molar-refractivity contribution >= 4 is 26.9 Å². The van der Waals surface area contributed by atoms with Crippen molar-refractivity contribution in [3.63, 3.8) is 0 Å². The Morgan fingerprint density at radius 1 is 1.35 bits per heavy atom. The SMILES string of the molecule is CCC1CCCCC1C(N)c1cc2cccc(Br)c2o1. The number of nitrogens with two attached hydrogens (primary N) is 1. The Labute approximate surface area is 128 Å². The number of hydrogen-bond acceptors (Lipinski definition) is 2. The van der Waals surface area contributed by atoms with Crippen LogP contribution in [-0.4, -0.2) is 0 Å². The first-order chi connectivity index (χ1) is 9.70. The van der Waals surface area contributed by atoms with Crippen molar-refractivity contribution in [2.75, 3.05) is 0 Å². The van der Waals surface area contributed by atoms with Gasteiger partial charge in [0.25, 0.3) is 0 Å². The smallest absolute Gasteiger partial charge is 0.148 e. The van der Waals surface area contributed by atoms with E-state index in [1.54, 1.807) is 0 Å². The summed E-state index contributed by atoms with van der Waals surface area (Å²) in [6.07, 6.45) is 6.44. The molecule has 3 atom stereocenters. The number of benzene rings is 1. The zero-order chi connectivity index (χ0) is 14.1. The number of furan rings is 1. The summed E-state index contributed by atoms with van der Waals surface area (Å²) in [4.78, 5) is 0. The summed E-state index contributed by atoms with van der Waals surface area (Å²) < 4.78 is 7.04. The molecule has 20 heavy (non-hydrogen) atoms. The maximum absolute atomic E-state index is 6.54. The highest BCUT2D eigenvalue weighted by atomic mass is 79.9. The third-order valence-electron chi connectivity index (χ3n) is 4.80. The first kappa shape index (κ1) is 14.2. The van der Waals surface area contributed by atoms with Crippen LogP contribution >= 0.6 is 15.9 Å². The van der Waals surface area contributed by atoms with Gasteiger partial charge < -0.3 is 10.2 Å². The van der Waals surface area contributed by atoms with E-state index < -0.39 is 0 Å². The van der Waals surface area contributed by atoms with Gasteiger partial charge in [-0.15, -0.1) is 0 Å². The Morgan fingerprint density at radius 2 is 2.15 bits per heavy atom. The van der Waals surface area contributed by atoms with Crippen LogP contribution in [-0.2, 0) is 0 Å². The minimum absolute atomic E-state index is 0.0274. The van der Waals surface area contributed by atoms with Crippen molar-refractivity contribution in [3.05, 3.63) is 34.5 Å². The summed E-state index contributed by atoms with van der Waals surface area (Å²) in [5.74, 6) is 2.25. The molecule has 1 saturated carbocycles. The van der Waals surface area contributed by atoms with Crippen LogP contribution in [0.1, 0.15) is 50.8 Å². The van der Waals surface area contributed by atoms with Crippen LogP contribution in [0.5, 0.6) is 0 Å². The zero-order valence-corrected chi connectivity index (χ0v) is 13.5. The zero-order valence-electron chi connectivity index (χ0n) is 11.9. The molecule has 108 valence electrons. The fourth-order valence-electron chi connectivity index (χ4n) is 3.64. The lowest BCUT2D eigenvalue weighted by atomic mass is 9.73. The van der Waals surface area contributed by atoms with Crippen molar-refractivity contribution in [3.8, 4) is 0 Å². The average Bonchev–Trinajstić information content (AvgIpc) is 2.92. The molecule has 1 aromatic carbocycles. The van der Waals surface area contributed by atoms with Gasteiger partial charge in [-0.25, -0.2) is 0 Å². The summed E-state index contributed by atoms with van der Waals surface area (Å²) >= 11 is 3.55. The molecule has 2 N–H and O–H groups in total. The third-order valence-corrected chi connectivity index (χ3v) is 5.42. The second-order valence-electron chi connectivity index (χ2n) is 5.95. The maximum atomic E-state index is 6.54. The van der Waals surface area contributed by atoms with Crippen molar-refractivity contribution in [2.24, 2.45) is 17.6 Å². The van der Waals surface area contributed by atoms with Crippen molar-refractivity contribution < 1.29 is 4.42 Å². The predicted molar refractivity (Wildman–Crippen MR) is 86.6 cm³/mol. The van der Waals surface area contributed by atoms with Gasteiger partial charge in [-0.2, -0.15) is 0 Å². The Balaban J connectivity index is 1.91. The molecule has 0 spiro atoms. The van der Waals surface area contributed by atoms with Crippen molar-refractivity contribution in [1.82, 2.24) is 0 Å². The lowest BCUT2D eigenvalue weighted by Gasteiger charge is -2.34. The highest BCUT2D eigenvalue weighted by Gasteiger charge is 2.31. The predicted octanol–water partition coefficient (Wildman–Crippen LogP) is 5.41. The van der Waals surface area contributed by atoms with E-state index in [0.29, 0.717) is 5.92 Å². The van der Waals surface area contributed by atoms with Gasteiger partial charge in [0.15, 0.2) is 0 Å². The van der Waals surface area contributed by atoms with Crippen molar-refractivity contribution in [2.45, 2.75) is 45.1 Å². The number of halogens is 1. The fraction of sp³-hybridized carbons (Fsp3) is 0.529. The van der Waals surface area contributed by atoms with Gasteiger partial charge in [-0.1, -0.05) is 44.7 Å². The number of rotatable bonds is 3. The van der Waals surface area contributed by atoms with Gasteiger partial charge in [0.2, 0.25) is 0 Å². The molecule has 0 radical (unpaired) electrons. The molecule has 0 aliphatic heterocycles. The maximum Gasteiger partial charge on any atom is 0.148 e. The van der Waals surface area contributed by atoms with Crippen LogP contribution in [0.25, 0.3) is 11.0 Å². The third kappa shape index (κ3) is 2.53. The number of fused-ring (bicyclic) bond motifs is 1. The molecule has 1 aliphatic carbocycles. The minimum Gasteiger partial charge on any atom is -0.458 e. The number of hydrogen-bond donors (Lipinski definition) is 1. The van der Waals surface area contributed by atoms with Crippen molar-refractivity contribution in [1.29, 1.82) is 0 Å². The summed E-state index contributed by atoms with van der Waals surface area (Å²) in [6, 6.07) is 8.27. The van der Waals surface area contributed by atoms with E-state index in [0.717, 1.165) is 27.1 Å². The second-order valence-corrected chi connectivity index (χ2v) is 6.80. The van der Waals surface area contributed by atoms with Gasteiger partial charge >= 0.3 is 0 Å². The molecule has 1 heterocycles. The largest absolute Gasteiger partial charge is 0.458 e. The van der Waals surface area contributed by atoms with Gasteiger partial charge in [0, 0.05) is 5.39 Å². The molecular weight excluding hydrogens is 314 g/mol. The lowest BCUT2D eigenvalue weighted by molar-refractivity contribution is 0.185. The standard InChI is InChI=1S/C17H22BrNO/c1-2-11-6-3-4-8-13(11)16(19)15-10-12-7-5-9-14(18)17(12)20-15/h5,7,9-11,13,16H,2-4,6,8,19H2,1H3. The number of para-hydroxylation sites is 1. The first-order valence-electron chi connectivity index (χ1n) is 7.64. The molecule has 0 saturated heterocycles. The Bertz CT molecular complexity index is 592. The van der Waals surface area contributed by atoms with Crippen LogP contribution in [0.15, 0.2) is 33.2 Å². The van der Waals surface area contributed by atoms with Crippen LogP contribution in [0.2, 0.25) is 0 Å². The normalized spacial score (nSPS) is 24.9. The second kappa shape index (κ2) is 5.90. The minimum atomic E-state index is 0.0274. The van der Waals surface area contributed by atoms with E-state index >= 15 is 0 Å². The Hall–Kier alpha value is -0.800. The van der Waals surface area contributed by atoms with E-state index in [2.05, 4.69) is 35.0 Å². The fourth-order valence-corrected chi connectivity index (χ4v) is 4.10. The van der Waals surface area contributed by atoms with Gasteiger partial charge in [0.1, 0.15) is 11.3 Å². The Morgan fingerprint density at radius 3 is 2.90 bits per heavy atom. The summed E-state index contributed by atoms with van der Waals surface area (Å²) in [6.45, 7) is 2.28. The van der Waals surface area contributed by atoms with E-state index in [1.165, 1.54) is 32.1 Å². The van der Waals surface area contributed by atoms with Gasteiger partial charge in [-0.05, 0) is 46.3 Å².